The average Bonchev–Trinajstić information content (AvgIpc) is 3.40. The number of hydrogen-bond acceptors (Lipinski definition) is 4. The number of aromatic nitrogens is 3. The van der Waals surface area contributed by atoms with Crippen molar-refractivity contribution in [2.75, 3.05) is 0 Å². The summed E-state index contributed by atoms with van der Waals surface area (Å²) in [5.74, 6) is -0.229. The first-order valence-electron chi connectivity index (χ1n) is 9.41. The van der Waals surface area contributed by atoms with E-state index in [4.69, 9.17) is 11.6 Å². The molecule has 2 heterocycles. The van der Waals surface area contributed by atoms with Gasteiger partial charge in [-0.1, -0.05) is 35.9 Å². The van der Waals surface area contributed by atoms with E-state index in [1.807, 2.05) is 47.3 Å². The fraction of sp³-hybridized carbons (Fsp3) is 0.0909. The molecule has 0 bridgehead atoms. The molecule has 0 aliphatic carbocycles. The molecule has 0 spiro atoms. The number of carbonyl (C=O) groups excluding carboxylic acids is 1. The zero-order chi connectivity index (χ0) is 22.0. The summed E-state index contributed by atoms with van der Waals surface area (Å²) in [6.07, 6.45) is 5.38. The third-order valence-corrected chi connectivity index (χ3v) is 6.47. The third kappa shape index (κ3) is 4.55. The van der Waals surface area contributed by atoms with E-state index in [0.717, 1.165) is 11.3 Å². The smallest absolute Gasteiger partial charge is 0.285 e. The highest BCUT2D eigenvalue weighted by molar-refractivity contribution is 7.90. The Labute approximate surface area is 185 Å². The molecule has 2 aromatic heterocycles. The number of carbonyl (C=O) groups is 1. The van der Waals surface area contributed by atoms with Crippen LogP contribution in [0.2, 0.25) is 5.02 Å². The van der Waals surface area contributed by atoms with Gasteiger partial charge in [0.05, 0.1) is 11.4 Å². The van der Waals surface area contributed by atoms with Crippen molar-refractivity contribution in [3.63, 3.8) is 0 Å². The van der Waals surface area contributed by atoms with Crippen LogP contribution >= 0.6 is 11.6 Å². The van der Waals surface area contributed by atoms with Crippen molar-refractivity contribution >= 4 is 27.5 Å². The standard InChI is InChI=1S/C22H19ClN4O3S/c1-16-24-21(22(28)25-31(29,30)19-7-3-2-4-8-19)15-27(16)14-17-9-10-18(13-20(17)23)26-11-5-6-12-26/h2-13,15H,14H2,1H3,(H,25,28). The van der Waals surface area contributed by atoms with E-state index < -0.39 is 15.9 Å². The summed E-state index contributed by atoms with van der Waals surface area (Å²) in [5, 5.41) is 0.581. The maximum absolute atomic E-state index is 12.5. The Morgan fingerprint density at radius 1 is 1.06 bits per heavy atom. The number of benzene rings is 2. The fourth-order valence-electron chi connectivity index (χ4n) is 3.13. The van der Waals surface area contributed by atoms with Gasteiger partial charge in [-0.25, -0.2) is 18.1 Å². The van der Waals surface area contributed by atoms with Crippen LogP contribution in [-0.2, 0) is 16.6 Å². The molecule has 0 radical (unpaired) electrons. The minimum atomic E-state index is -3.98. The highest BCUT2D eigenvalue weighted by Gasteiger charge is 2.21. The van der Waals surface area contributed by atoms with E-state index in [1.165, 1.54) is 18.3 Å². The van der Waals surface area contributed by atoms with Crippen molar-refractivity contribution in [3.8, 4) is 5.69 Å². The Bertz CT molecular complexity index is 1330. The van der Waals surface area contributed by atoms with Crippen LogP contribution in [0, 0.1) is 6.92 Å². The van der Waals surface area contributed by atoms with Crippen LogP contribution in [0.1, 0.15) is 21.9 Å². The zero-order valence-electron chi connectivity index (χ0n) is 16.6. The third-order valence-electron chi connectivity index (χ3n) is 4.77. The van der Waals surface area contributed by atoms with Gasteiger partial charge in [-0.2, -0.15) is 0 Å². The molecule has 0 atom stereocenters. The first kappa shape index (κ1) is 20.9. The van der Waals surface area contributed by atoms with Crippen LogP contribution in [0.5, 0.6) is 0 Å². The van der Waals surface area contributed by atoms with Crippen molar-refractivity contribution in [1.29, 1.82) is 0 Å². The van der Waals surface area contributed by atoms with Crippen LogP contribution < -0.4 is 4.72 Å². The minimum absolute atomic E-state index is 0.00840. The maximum Gasteiger partial charge on any atom is 0.285 e. The molecule has 4 rings (SSSR count). The molecule has 1 N–H and O–H groups in total. The molecule has 0 saturated carbocycles. The maximum atomic E-state index is 12.5. The number of amides is 1. The zero-order valence-corrected chi connectivity index (χ0v) is 18.1. The molecule has 0 fully saturated rings. The average molecular weight is 455 g/mol. The second-order valence-corrected chi connectivity index (χ2v) is 9.00. The topological polar surface area (TPSA) is 86.0 Å². The van der Waals surface area contributed by atoms with E-state index >= 15 is 0 Å². The normalized spacial score (nSPS) is 11.4. The number of aryl methyl sites for hydroxylation is 1. The first-order chi connectivity index (χ1) is 14.8. The summed E-state index contributed by atoms with van der Waals surface area (Å²) in [6.45, 7) is 2.13. The number of sulfonamides is 1. The summed E-state index contributed by atoms with van der Waals surface area (Å²) >= 11 is 6.47. The van der Waals surface area contributed by atoms with Gasteiger partial charge >= 0.3 is 0 Å². The molecule has 0 aliphatic rings. The number of halogens is 1. The van der Waals surface area contributed by atoms with Crippen molar-refractivity contribution in [3.05, 3.63) is 101 Å². The van der Waals surface area contributed by atoms with E-state index in [1.54, 1.807) is 29.7 Å². The molecule has 9 heteroatoms. The Morgan fingerprint density at radius 3 is 2.45 bits per heavy atom. The minimum Gasteiger partial charge on any atom is -0.330 e. The van der Waals surface area contributed by atoms with Crippen molar-refractivity contribution < 1.29 is 13.2 Å². The summed E-state index contributed by atoms with van der Waals surface area (Å²) in [7, 11) is -3.98. The lowest BCUT2D eigenvalue weighted by atomic mass is 10.2. The van der Waals surface area contributed by atoms with Gasteiger partial charge in [0.15, 0.2) is 0 Å². The summed E-state index contributed by atoms with van der Waals surface area (Å²) in [6, 6.07) is 17.3. The van der Waals surface area contributed by atoms with Crippen molar-refractivity contribution in [2.24, 2.45) is 0 Å². The van der Waals surface area contributed by atoms with Crippen LogP contribution in [0.25, 0.3) is 5.69 Å². The number of nitrogens with zero attached hydrogens (tertiary/aromatic N) is 3. The van der Waals surface area contributed by atoms with Crippen LogP contribution in [0.15, 0.2) is 84.1 Å². The van der Waals surface area contributed by atoms with Gasteiger partial charge in [0.25, 0.3) is 15.9 Å². The lowest BCUT2D eigenvalue weighted by molar-refractivity contribution is 0.0977. The summed E-state index contributed by atoms with van der Waals surface area (Å²) in [4.78, 5) is 16.7. The van der Waals surface area contributed by atoms with Crippen molar-refractivity contribution in [2.45, 2.75) is 18.4 Å². The molecule has 0 unspecified atom stereocenters. The van der Waals surface area contributed by atoms with E-state index in [2.05, 4.69) is 9.71 Å². The fourth-order valence-corrected chi connectivity index (χ4v) is 4.34. The second kappa shape index (κ2) is 8.41. The van der Waals surface area contributed by atoms with Gasteiger partial charge in [0.1, 0.15) is 11.5 Å². The lowest BCUT2D eigenvalue weighted by Gasteiger charge is -2.10. The van der Waals surface area contributed by atoms with Gasteiger partial charge in [0.2, 0.25) is 0 Å². The Hall–Kier alpha value is -3.36. The highest BCUT2D eigenvalue weighted by atomic mass is 35.5. The van der Waals surface area contributed by atoms with Gasteiger partial charge in [-0.15, -0.1) is 0 Å². The van der Waals surface area contributed by atoms with Crippen LogP contribution in [0.4, 0.5) is 0 Å². The monoisotopic (exact) mass is 454 g/mol. The number of nitrogens with one attached hydrogen (secondary N) is 1. The number of imidazole rings is 1. The molecular weight excluding hydrogens is 436 g/mol. The quantitative estimate of drug-likeness (QED) is 0.480. The molecule has 158 valence electrons. The van der Waals surface area contributed by atoms with E-state index in [9.17, 15) is 13.2 Å². The van der Waals surface area contributed by atoms with Crippen molar-refractivity contribution in [1.82, 2.24) is 18.8 Å². The molecule has 2 aromatic carbocycles. The SMILES string of the molecule is Cc1nc(C(=O)NS(=O)(=O)c2ccccc2)cn1Cc1ccc(-n2cccc2)cc1Cl. The predicted octanol–water partition coefficient (Wildman–Crippen LogP) is 3.80. The highest BCUT2D eigenvalue weighted by Crippen LogP contribution is 2.22. The van der Waals surface area contributed by atoms with Gasteiger partial charge in [-0.3, -0.25) is 4.79 Å². The van der Waals surface area contributed by atoms with Crippen LogP contribution in [-0.4, -0.2) is 28.4 Å². The molecule has 0 saturated heterocycles. The lowest BCUT2D eigenvalue weighted by Crippen LogP contribution is -2.30. The molecule has 1 amide bonds. The Morgan fingerprint density at radius 2 is 1.77 bits per heavy atom. The summed E-state index contributed by atoms with van der Waals surface area (Å²) in [5.41, 5.74) is 1.80. The molecule has 0 aliphatic heterocycles. The Kier molecular flexibility index (Phi) is 5.67. The van der Waals surface area contributed by atoms with E-state index in [0.29, 0.717) is 17.4 Å². The van der Waals surface area contributed by atoms with Gasteiger partial charge < -0.3 is 9.13 Å². The molecule has 7 nitrogen and oxygen atoms in total. The largest absolute Gasteiger partial charge is 0.330 e. The molecule has 4 aromatic rings. The molecule has 31 heavy (non-hydrogen) atoms. The van der Waals surface area contributed by atoms with E-state index in [-0.39, 0.29) is 10.6 Å². The number of hydrogen-bond donors (Lipinski definition) is 1. The Balaban J connectivity index is 1.52. The second-order valence-electron chi connectivity index (χ2n) is 6.91. The predicted molar refractivity (Wildman–Crippen MR) is 118 cm³/mol. The first-order valence-corrected chi connectivity index (χ1v) is 11.3. The van der Waals surface area contributed by atoms with Crippen LogP contribution in [0.3, 0.4) is 0 Å². The number of rotatable bonds is 6. The van der Waals surface area contributed by atoms with Gasteiger partial charge in [0, 0.05) is 29.3 Å². The summed E-state index contributed by atoms with van der Waals surface area (Å²) < 4.78 is 30.5. The van der Waals surface area contributed by atoms with Gasteiger partial charge in [-0.05, 0) is 48.9 Å². The molecular formula is C22H19ClN4O3S.